The summed E-state index contributed by atoms with van der Waals surface area (Å²) in [5.41, 5.74) is 2.93. The van der Waals surface area contributed by atoms with Gasteiger partial charge in [0, 0.05) is 24.7 Å². The zero-order valence-corrected chi connectivity index (χ0v) is 12.7. The molecule has 0 aliphatic heterocycles. The summed E-state index contributed by atoms with van der Waals surface area (Å²) >= 11 is 0. The van der Waals surface area contributed by atoms with Crippen molar-refractivity contribution in [1.29, 1.82) is 0 Å². The number of halogens is 1. The predicted octanol–water partition coefficient (Wildman–Crippen LogP) is 3.22. The Morgan fingerprint density at radius 1 is 0.957 bits per heavy atom. The van der Waals surface area contributed by atoms with Gasteiger partial charge in [0.05, 0.1) is 6.54 Å². The third-order valence-electron chi connectivity index (χ3n) is 3.71. The summed E-state index contributed by atoms with van der Waals surface area (Å²) < 4.78 is 14.9. The molecule has 3 rings (SSSR count). The topological polar surface area (TPSA) is 34.9 Å². The lowest BCUT2D eigenvalue weighted by molar-refractivity contribution is 0.622. The lowest BCUT2D eigenvalue weighted by Crippen LogP contribution is -2.19. The molecule has 0 unspecified atom stereocenters. The van der Waals surface area contributed by atoms with Gasteiger partial charge in [0.25, 0.3) is 5.56 Å². The molecule has 1 aromatic carbocycles. The maximum absolute atomic E-state index is 13.3. The van der Waals surface area contributed by atoms with Crippen LogP contribution in [-0.2, 0) is 19.4 Å². The van der Waals surface area contributed by atoms with Gasteiger partial charge in [0.2, 0.25) is 0 Å². The van der Waals surface area contributed by atoms with Crippen LogP contribution in [0.15, 0.2) is 71.9 Å². The molecular weight excluding hydrogens is 291 g/mol. The third-order valence-corrected chi connectivity index (χ3v) is 3.71. The maximum Gasteiger partial charge on any atom is 0.250 e. The van der Waals surface area contributed by atoms with E-state index in [-0.39, 0.29) is 11.4 Å². The second-order valence-electron chi connectivity index (χ2n) is 5.49. The Hall–Kier alpha value is -2.75. The molecule has 0 atom stereocenters. The molecule has 2 aromatic heterocycles. The van der Waals surface area contributed by atoms with E-state index in [1.165, 1.54) is 12.1 Å². The van der Waals surface area contributed by atoms with Crippen molar-refractivity contribution in [3.05, 3.63) is 100.0 Å². The molecule has 4 heteroatoms. The lowest BCUT2D eigenvalue weighted by Gasteiger charge is -2.09. The van der Waals surface area contributed by atoms with E-state index in [0.717, 1.165) is 29.5 Å². The quantitative estimate of drug-likeness (QED) is 0.725. The fourth-order valence-electron chi connectivity index (χ4n) is 2.52. The Bertz CT molecular complexity index is 843. The fourth-order valence-corrected chi connectivity index (χ4v) is 2.52. The second-order valence-corrected chi connectivity index (χ2v) is 5.49. The van der Waals surface area contributed by atoms with Crippen LogP contribution in [0.1, 0.15) is 16.7 Å². The summed E-state index contributed by atoms with van der Waals surface area (Å²) in [6, 6.07) is 13.7. The van der Waals surface area contributed by atoms with Crippen molar-refractivity contribution in [3.63, 3.8) is 0 Å². The minimum atomic E-state index is -0.289. The summed E-state index contributed by atoms with van der Waals surface area (Å²) in [6.07, 6.45) is 7.15. The predicted molar refractivity (Wildman–Crippen MR) is 87.8 cm³/mol. The Labute approximate surface area is 134 Å². The van der Waals surface area contributed by atoms with Crippen LogP contribution in [0, 0.1) is 5.82 Å². The minimum Gasteiger partial charge on any atom is -0.311 e. The Morgan fingerprint density at radius 2 is 1.78 bits per heavy atom. The SMILES string of the molecule is O=c1ccc(CCc2cccnc2)cn1Cc1cccc(F)c1. The minimum absolute atomic E-state index is 0.0839. The molecule has 0 spiro atoms. The Balaban J connectivity index is 1.75. The second kappa shape index (κ2) is 7.01. The lowest BCUT2D eigenvalue weighted by atomic mass is 10.1. The Morgan fingerprint density at radius 3 is 2.57 bits per heavy atom. The standard InChI is InChI=1S/C19H17FN2O/c20-18-5-1-3-17(11-18)14-22-13-16(8-9-19(22)23)7-6-15-4-2-10-21-12-15/h1-5,8-13H,6-7,14H2. The van der Waals surface area contributed by atoms with E-state index in [4.69, 9.17) is 0 Å². The van der Waals surface area contributed by atoms with Crippen LogP contribution in [0.2, 0.25) is 0 Å². The zero-order valence-electron chi connectivity index (χ0n) is 12.7. The highest BCUT2D eigenvalue weighted by molar-refractivity contribution is 5.19. The first kappa shape index (κ1) is 15.2. The molecule has 116 valence electrons. The highest BCUT2D eigenvalue weighted by Crippen LogP contribution is 2.08. The maximum atomic E-state index is 13.3. The molecule has 23 heavy (non-hydrogen) atoms. The van der Waals surface area contributed by atoms with E-state index in [2.05, 4.69) is 4.98 Å². The van der Waals surface area contributed by atoms with Gasteiger partial charge in [-0.25, -0.2) is 4.39 Å². The van der Waals surface area contributed by atoms with E-state index >= 15 is 0 Å². The van der Waals surface area contributed by atoms with E-state index in [1.807, 2.05) is 36.7 Å². The van der Waals surface area contributed by atoms with Gasteiger partial charge in [0.15, 0.2) is 0 Å². The van der Waals surface area contributed by atoms with Gasteiger partial charge in [-0.1, -0.05) is 24.3 Å². The first-order chi connectivity index (χ1) is 11.2. The number of rotatable bonds is 5. The Kier molecular flexibility index (Phi) is 4.62. The molecule has 2 heterocycles. The molecule has 0 saturated carbocycles. The van der Waals surface area contributed by atoms with Gasteiger partial charge >= 0.3 is 0 Å². The van der Waals surface area contributed by atoms with Crippen LogP contribution in [0.4, 0.5) is 4.39 Å². The smallest absolute Gasteiger partial charge is 0.250 e. The van der Waals surface area contributed by atoms with Crippen LogP contribution < -0.4 is 5.56 Å². The molecule has 0 amide bonds. The third kappa shape index (κ3) is 4.13. The van der Waals surface area contributed by atoms with E-state index in [0.29, 0.717) is 6.54 Å². The van der Waals surface area contributed by atoms with Crippen molar-refractivity contribution >= 4 is 0 Å². The van der Waals surface area contributed by atoms with Gasteiger partial charge in [-0.15, -0.1) is 0 Å². The molecule has 0 radical (unpaired) electrons. The van der Waals surface area contributed by atoms with Gasteiger partial charge in [-0.05, 0) is 47.7 Å². The van der Waals surface area contributed by atoms with Crippen molar-refractivity contribution in [2.45, 2.75) is 19.4 Å². The monoisotopic (exact) mass is 308 g/mol. The number of nitrogens with zero attached hydrogens (tertiary/aromatic N) is 2. The summed E-state index contributed by atoms with van der Waals surface area (Å²) in [5.74, 6) is -0.289. The summed E-state index contributed by atoms with van der Waals surface area (Å²) in [4.78, 5) is 16.1. The summed E-state index contributed by atoms with van der Waals surface area (Å²) in [7, 11) is 0. The fraction of sp³-hybridized carbons (Fsp3) is 0.158. The van der Waals surface area contributed by atoms with Gasteiger partial charge in [-0.3, -0.25) is 9.78 Å². The van der Waals surface area contributed by atoms with Crippen LogP contribution in [-0.4, -0.2) is 9.55 Å². The van der Waals surface area contributed by atoms with E-state index in [1.54, 1.807) is 22.9 Å². The first-order valence-corrected chi connectivity index (χ1v) is 7.53. The number of pyridine rings is 2. The summed E-state index contributed by atoms with van der Waals surface area (Å²) in [6.45, 7) is 0.372. The largest absolute Gasteiger partial charge is 0.311 e. The summed E-state index contributed by atoms with van der Waals surface area (Å²) in [5, 5.41) is 0. The highest BCUT2D eigenvalue weighted by atomic mass is 19.1. The molecule has 0 saturated heterocycles. The van der Waals surface area contributed by atoms with E-state index in [9.17, 15) is 9.18 Å². The molecule has 0 bridgehead atoms. The normalized spacial score (nSPS) is 10.7. The number of hydrogen-bond acceptors (Lipinski definition) is 2. The average Bonchev–Trinajstić information content (AvgIpc) is 2.57. The van der Waals surface area contributed by atoms with Gasteiger partial charge < -0.3 is 4.57 Å². The van der Waals surface area contributed by atoms with Crippen LogP contribution in [0.5, 0.6) is 0 Å². The molecule has 0 N–H and O–H groups in total. The molecular formula is C19H17FN2O. The molecule has 0 aliphatic carbocycles. The number of hydrogen-bond donors (Lipinski definition) is 0. The van der Waals surface area contributed by atoms with Gasteiger partial charge in [0.1, 0.15) is 5.82 Å². The van der Waals surface area contributed by atoms with Crippen LogP contribution >= 0.6 is 0 Å². The number of aryl methyl sites for hydroxylation is 2. The van der Waals surface area contributed by atoms with Crippen molar-refractivity contribution in [3.8, 4) is 0 Å². The van der Waals surface area contributed by atoms with Crippen molar-refractivity contribution < 1.29 is 4.39 Å². The molecule has 0 aliphatic rings. The number of aromatic nitrogens is 2. The van der Waals surface area contributed by atoms with Gasteiger partial charge in [-0.2, -0.15) is 0 Å². The average molecular weight is 308 g/mol. The van der Waals surface area contributed by atoms with Crippen molar-refractivity contribution in [1.82, 2.24) is 9.55 Å². The molecule has 3 nitrogen and oxygen atoms in total. The van der Waals surface area contributed by atoms with Crippen molar-refractivity contribution in [2.75, 3.05) is 0 Å². The van der Waals surface area contributed by atoms with Crippen molar-refractivity contribution in [2.24, 2.45) is 0 Å². The zero-order chi connectivity index (χ0) is 16.1. The van der Waals surface area contributed by atoms with Crippen LogP contribution in [0.25, 0.3) is 0 Å². The number of benzene rings is 1. The molecule has 3 aromatic rings. The van der Waals surface area contributed by atoms with E-state index < -0.39 is 0 Å². The molecule has 0 fully saturated rings. The van der Waals surface area contributed by atoms with Crippen LogP contribution in [0.3, 0.4) is 0 Å². The highest BCUT2D eigenvalue weighted by Gasteiger charge is 2.02. The first-order valence-electron chi connectivity index (χ1n) is 7.53.